The van der Waals surface area contributed by atoms with Gasteiger partial charge in [-0.2, -0.15) is 0 Å². The number of amides is 1. The lowest BCUT2D eigenvalue weighted by Crippen LogP contribution is -2.43. The molecule has 0 unspecified atom stereocenters. The Bertz CT molecular complexity index is 868. The van der Waals surface area contributed by atoms with Gasteiger partial charge < -0.3 is 20.7 Å². The van der Waals surface area contributed by atoms with Gasteiger partial charge in [0.1, 0.15) is 6.33 Å². The van der Waals surface area contributed by atoms with Crippen molar-refractivity contribution < 1.29 is 9.53 Å². The fourth-order valence-corrected chi connectivity index (χ4v) is 4.84. The summed E-state index contributed by atoms with van der Waals surface area (Å²) in [5, 5.41) is 3.44. The maximum absolute atomic E-state index is 13.0. The molecule has 0 radical (unpaired) electrons. The van der Waals surface area contributed by atoms with Crippen LogP contribution in [0.4, 0.5) is 5.82 Å². The zero-order valence-corrected chi connectivity index (χ0v) is 18.3. The predicted octanol–water partition coefficient (Wildman–Crippen LogP) is 3.43. The molecule has 1 aliphatic heterocycles. The highest BCUT2D eigenvalue weighted by atomic mass is 16.5. The lowest BCUT2D eigenvalue weighted by Gasteiger charge is -2.31. The number of likely N-dealkylation sites (tertiary alicyclic amines) is 1. The SMILES string of the molecule is COc1c(NC[C@H]2CCC[C@@H](c3ccccc3)C2)ncnc1C(=O)N1CCC(N)CC1. The van der Waals surface area contributed by atoms with Gasteiger partial charge in [0.15, 0.2) is 17.3 Å². The van der Waals surface area contributed by atoms with Gasteiger partial charge in [0, 0.05) is 25.7 Å². The summed E-state index contributed by atoms with van der Waals surface area (Å²) < 4.78 is 5.58. The van der Waals surface area contributed by atoms with Gasteiger partial charge >= 0.3 is 0 Å². The lowest BCUT2D eigenvalue weighted by atomic mass is 9.78. The van der Waals surface area contributed by atoms with Gasteiger partial charge in [-0.1, -0.05) is 36.8 Å². The van der Waals surface area contributed by atoms with Crippen LogP contribution in [-0.2, 0) is 0 Å². The Labute approximate surface area is 184 Å². The van der Waals surface area contributed by atoms with E-state index in [9.17, 15) is 4.79 Å². The number of carbonyl (C=O) groups excluding carboxylic acids is 1. The molecule has 1 aliphatic carbocycles. The average Bonchev–Trinajstić information content (AvgIpc) is 2.83. The van der Waals surface area contributed by atoms with Crippen molar-refractivity contribution in [1.29, 1.82) is 0 Å². The van der Waals surface area contributed by atoms with Crippen LogP contribution in [-0.4, -0.2) is 53.6 Å². The van der Waals surface area contributed by atoms with Crippen molar-refractivity contribution in [3.8, 4) is 5.75 Å². The summed E-state index contributed by atoms with van der Waals surface area (Å²) in [6.07, 6.45) is 7.90. The van der Waals surface area contributed by atoms with Gasteiger partial charge in [-0.05, 0) is 49.5 Å². The Hall–Kier alpha value is -2.67. The van der Waals surface area contributed by atoms with E-state index >= 15 is 0 Å². The number of aromatic nitrogens is 2. The molecule has 0 spiro atoms. The van der Waals surface area contributed by atoms with E-state index in [-0.39, 0.29) is 11.9 Å². The predicted molar refractivity (Wildman–Crippen MR) is 121 cm³/mol. The normalized spacial score (nSPS) is 22.2. The summed E-state index contributed by atoms with van der Waals surface area (Å²) in [6.45, 7) is 2.11. The van der Waals surface area contributed by atoms with Crippen molar-refractivity contribution in [3.63, 3.8) is 0 Å². The van der Waals surface area contributed by atoms with E-state index in [0.29, 0.717) is 42.2 Å². The number of hydrogen-bond acceptors (Lipinski definition) is 6. The first-order chi connectivity index (χ1) is 15.2. The Morgan fingerprint density at radius 1 is 1.16 bits per heavy atom. The molecule has 2 atom stereocenters. The molecule has 2 heterocycles. The molecule has 1 aromatic heterocycles. The van der Waals surface area contributed by atoms with Crippen LogP contribution in [0.25, 0.3) is 0 Å². The average molecular weight is 424 g/mol. The summed E-state index contributed by atoms with van der Waals surface area (Å²) >= 11 is 0. The number of piperidine rings is 1. The molecule has 4 rings (SSSR count). The van der Waals surface area contributed by atoms with Crippen LogP contribution in [0.5, 0.6) is 5.75 Å². The highest BCUT2D eigenvalue weighted by Crippen LogP contribution is 2.36. The van der Waals surface area contributed by atoms with Crippen molar-refractivity contribution in [2.75, 3.05) is 32.1 Å². The second-order valence-corrected chi connectivity index (χ2v) is 8.75. The molecule has 7 nitrogen and oxygen atoms in total. The molecule has 3 N–H and O–H groups in total. The fourth-order valence-electron chi connectivity index (χ4n) is 4.84. The third-order valence-electron chi connectivity index (χ3n) is 6.65. The summed E-state index contributed by atoms with van der Waals surface area (Å²) in [4.78, 5) is 23.5. The number of nitrogens with two attached hydrogens (primary N) is 1. The molecule has 1 saturated carbocycles. The molecule has 7 heteroatoms. The number of nitrogens with zero attached hydrogens (tertiary/aromatic N) is 3. The van der Waals surface area contributed by atoms with Crippen molar-refractivity contribution >= 4 is 11.7 Å². The van der Waals surface area contributed by atoms with Gasteiger partial charge in [-0.25, -0.2) is 9.97 Å². The van der Waals surface area contributed by atoms with Crippen LogP contribution < -0.4 is 15.8 Å². The number of nitrogens with one attached hydrogen (secondary N) is 1. The Morgan fingerprint density at radius 2 is 1.94 bits per heavy atom. The summed E-state index contributed by atoms with van der Waals surface area (Å²) in [5.74, 6) is 2.07. The minimum atomic E-state index is -0.115. The molecule has 1 amide bonds. The molecule has 1 saturated heterocycles. The quantitative estimate of drug-likeness (QED) is 0.739. The van der Waals surface area contributed by atoms with Gasteiger partial charge in [0.25, 0.3) is 5.91 Å². The zero-order valence-electron chi connectivity index (χ0n) is 18.3. The molecule has 2 fully saturated rings. The molecule has 2 aliphatic rings. The van der Waals surface area contributed by atoms with Crippen LogP contribution in [0.1, 0.15) is 60.5 Å². The standard InChI is InChI=1S/C24H33N5O2/c1-31-22-21(24(30)29-12-10-20(25)11-13-29)27-16-28-23(22)26-15-17-6-5-9-19(14-17)18-7-3-2-4-8-18/h2-4,7-8,16-17,19-20H,5-6,9-15,25H2,1H3,(H,26,27,28)/t17-,19+/m0/s1. The van der Waals surface area contributed by atoms with Crippen LogP contribution in [0.15, 0.2) is 36.7 Å². The molecule has 2 aromatic rings. The van der Waals surface area contributed by atoms with E-state index in [4.69, 9.17) is 10.5 Å². The Morgan fingerprint density at radius 3 is 2.68 bits per heavy atom. The minimum Gasteiger partial charge on any atom is -0.491 e. The van der Waals surface area contributed by atoms with Gasteiger partial charge in [-0.15, -0.1) is 0 Å². The van der Waals surface area contributed by atoms with Crippen molar-refractivity contribution in [2.45, 2.75) is 50.5 Å². The maximum Gasteiger partial charge on any atom is 0.276 e. The molecule has 31 heavy (non-hydrogen) atoms. The van der Waals surface area contributed by atoms with E-state index in [1.807, 2.05) is 4.90 Å². The zero-order chi connectivity index (χ0) is 21.6. The number of anilines is 1. The Balaban J connectivity index is 1.41. The first-order valence-electron chi connectivity index (χ1n) is 11.4. The van der Waals surface area contributed by atoms with Crippen molar-refractivity contribution in [3.05, 3.63) is 47.9 Å². The molecule has 0 bridgehead atoms. The maximum atomic E-state index is 13.0. The summed E-state index contributed by atoms with van der Waals surface area (Å²) in [7, 11) is 1.57. The number of methoxy groups -OCH3 is 1. The van der Waals surface area contributed by atoms with Crippen LogP contribution >= 0.6 is 0 Å². The molecular weight excluding hydrogens is 390 g/mol. The second kappa shape index (κ2) is 10.1. The molecule has 166 valence electrons. The molecule has 1 aromatic carbocycles. The largest absolute Gasteiger partial charge is 0.491 e. The fraction of sp³-hybridized carbons (Fsp3) is 0.542. The smallest absolute Gasteiger partial charge is 0.276 e. The Kier molecular flexibility index (Phi) is 7.02. The van der Waals surface area contributed by atoms with E-state index in [2.05, 4.69) is 45.6 Å². The molecular formula is C24H33N5O2. The minimum absolute atomic E-state index is 0.115. The number of carbonyl (C=O) groups is 1. The van der Waals surface area contributed by atoms with E-state index in [1.165, 1.54) is 31.2 Å². The number of rotatable bonds is 6. The summed E-state index contributed by atoms with van der Waals surface area (Å²) in [5.41, 5.74) is 7.73. The van der Waals surface area contributed by atoms with Gasteiger partial charge in [0.05, 0.1) is 7.11 Å². The first kappa shape index (κ1) is 21.6. The van der Waals surface area contributed by atoms with E-state index in [0.717, 1.165) is 25.8 Å². The summed E-state index contributed by atoms with van der Waals surface area (Å²) in [6, 6.07) is 11.0. The second-order valence-electron chi connectivity index (χ2n) is 8.75. The lowest BCUT2D eigenvalue weighted by molar-refractivity contribution is 0.0705. The highest BCUT2D eigenvalue weighted by molar-refractivity contribution is 5.96. The van der Waals surface area contributed by atoms with Gasteiger partial charge in [0.2, 0.25) is 0 Å². The van der Waals surface area contributed by atoms with E-state index < -0.39 is 0 Å². The van der Waals surface area contributed by atoms with Crippen LogP contribution in [0.3, 0.4) is 0 Å². The van der Waals surface area contributed by atoms with Crippen molar-refractivity contribution in [1.82, 2.24) is 14.9 Å². The van der Waals surface area contributed by atoms with Crippen LogP contribution in [0.2, 0.25) is 0 Å². The monoisotopic (exact) mass is 423 g/mol. The topological polar surface area (TPSA) is 93.4 Å². The number of benzene rings is 1. The first-order valence-corrected chi connectivity index (χ1v) is 11.4. The number of hydrogen-bond donors (Lipinski definition) is 2. The van der Waals surface area contributed by atoms with Crippen LogP contribution in [0, 0.1) is 5.92 Å². The number of ether oxygens (including phenoxy) is 1. The van der Waals surface area contributed by atoms with E-state index in [1.54, 1.807) is 7.11 Å². The van der Waals surface area contributed by atoms with Crippen molar-refractivity contribution in [2.24, 2.45) is 11.7 Å². The third-order valence-corrected chi connectivity index (χ3v) is 6.65. The highest BCUT2D eigenvalue weighted by Gasteiger charge is 2.28. The van der Waals surface area contributed by atoms with Gasteiger partial charge in [-0.3, -0.25) is 4.79 Å². The third kappa shape index (κ3) is 5.15.